The molecule has 2 heterocycles. The van der Waals surface area contributed by atoms with Crippen LogP contribution in [0.3, 0.4) is 0 Å². The molecule has 0 aliphatic rings. The third-order valence-corrected chi connectivity index (χ3v) is 6.98. The standard InChI is InChI=1S/C28H22FN3O2S/c1-16-14-17(10-12-24(16)34-2)25-13-11-18(35-25)15-23-27(28(30)33)31-22-9-5-7-20(26(22)32-23)19-6-3-4-8-21(19)29/h3-14H,15H2,1-2H3,(H2,30,33). The van der Waals surface area contributed by atoms with Gasteiger partial charge in [-0.1, -0.05) is 30.3 Å². The molecule has 5 rings (SSSR count). The number of ether oxygens (including phenoxy) is 1. The smallest absolute Gasteiger partial charge is 0.269 e. The molecule has 0 saturated heterocycles. The van der Waals surface area contributed by atoms with Crippen molar-refractivity contribution in [1.29, 1.82) is 0 Å². The average Bonchev–Trinajstić information content (AvgIpc) is 3.32. The average molecular weight is 484 g/mol. The van der Waals surface area contributed by atoms with E-state index in [1.165, 1.54) is 6.07 Å². The summed E-state index contributed by atoms with van der Waals surface area (Å²) in [6.07, 6.45) is 0.382. The molecule has 0 aliphatic heterocycles. The third kappa shape index (κ3) is 4.38. The molecule has 5 aromatic rings. The van der Waals surface area contributed by atoms with Crippen molar-refractivity contribution in [2.24, 2.45) is 5.73 Å². The quantitative estimate of drug-likeness (QED) is 0.313. The molecule has 2 aromatic heterocycles. The van der Waals surface area contributed by atoms with Crippen LogP contribution in [0.2, 0.25) is 0 Å². The van der Waals surface area contributed by atoms with Crippen molar-refractivity contribution in [3.63, 3.8) is 0 Å². The number of para-hydroxylation sites is 1. The third-order valence-electron chi connectivity index (χ3n) is 5.85. The maximum atomic E-state index is 14.6. The molecule has 0 unspecified atom stereocenters. The van der Waals surface area contributed by atoms with Crippen molar-refractivity contribution >= 4 is 28.3 Å². The Morgan fingerprint density at radius 2 is 1.80 bits per heavy atom. The van der Waals surface area contributed by atoms with Gasteiger partial charge in [0.2, 0.25) is 0 Å². The van der Waals surface area contributed by atoms with Crippen LogP contribution in [0.1, 0.15) is 26.6 Å². The molecule has 7 heteroatoms. The van der Waals surface area contributed by atoms with Crippen LogP contribution in [0.5, 0.6) is 5.75 Å². The molecule has 174 valence electrons. The number of halogens is 1. The lowest BCUT2D eigenvalue weighted by Gasteiger charge is -2.11. The molecule has 3 aromatic carbocycles. The maximum Gasteiger partial charge on any atom is 0.269 e. The molecular weight excluding hydrogens is 461 g/mol. The molecule has 0 bridgehead atoms. The molecule has 0 atom stereocenters. The van der Waals surface area contributed by atoms with Gasteiger partial charge in [0.15, 0.2) is 5.69 Å². The van der Waals surface area contributed by atoms with Crippen molar-refractivity contribution in [2.45, 2.75) is 13.3 Å². The van der Waals surface area contributed by atoms with Gasteiger partial charge in [0.1, 0.15) is 11.6 Å². The SMILES string of the molecule is COc1ccc(-c2ccc(Cc3nc4c(-c5ccccc5F)cccc4nc3C(N)=O)s2)cc1C. The topological polar surface area (TPSA) is 78.1 Å². The highest BCUT2D eigenvalue weighted by Gasteiger charge is 2.18. The van der Waals surface area contributed by atoms with Crippen molar-refractivity contribution < 1.29 is 13.9 Å². The number of aromatic nitrogens is 2. The Kier molecular flexibility index (Phi) is 6.01. The normalized spacial score (nSPS) is 11.1. The van der Waals surface area contributed by atoms with Crippen molar-refractivity contribution in [2.75, 3.05) is 7.11 Å². The zero-order chi connectivity index (χ0) is 24.5. The first kappa shape index (κ1) is 22.7. The predicted octanol–water partition coefficient (Wildman–Crippen LogP) is 6.17. The molecule has 0 spiro atoms. The number of thiophene rings is 1. The lowest BCUT2D eigenvalue weighted by atomic mass is 10.0. The minimum atomic E-state index is -0.645. The van der Waals surface area contributed by atoms with E-state index in [0.29, 0.717) is 34.3 Å². The van der Waals surface area contributed by atoms with Crippen LogP contribution in [0.25, 0.3) is 32.6 Å². The van der Waals surface area contributed by atoms with Gasteiger partial charge in [0, 0.05) is 27.3 Å². The first-order chi connectivity index (χ1) is 16.9. The summed E-state index contributed by atoms with van der Waals surface area (Å²) in [5, 5.41) is 0. The Morgan fingerprint density at radius 1 is 1.00 bits per heavy atom. The fraction of sp³-hybridized carbons (Fsp3) is 0.107. The van der Waals surface area contributed by atoms with Crippen molar-refractivity contribution in [3.05, 3.63) is 100 Å². The summed E-state index contributed by atoms with van der Waals surface area (Å²) in [5.41, 5.74) is 10.5. The van der Waals surface area contributed by atoms with E-state index in [1.54, 1.807) is 54.8 Å². The number of nitrogens with zero attached hydrogens (tertiary/aromatic N) is 2. The summed E-state index contributed by atoms with van der Waals surface area (Å²) in [5.74, 6) is -0.151. The van der Waals surface area contributed by atoms with Crippen LogP contribution < -0.4 is 10.5 Å². The summed E-state index contributed by atoms with van der Waals surface area (Å²) < 4.78 is 19.9. The number of primary amides is 1. The van der Waals surface area contributed by atoms with Gasteiger partial charge in [-0.2, -0.15) is 0 Å². The number of methoxy groups -OCH3 is 1. The zero-order valence-corrected chi connectivity index (χ0v) is 20.0. The first-order valence-electron chi connectivity index (χ1n) is 11.0. The molecule has 1 amide bonds. The second-order valence-corrected chi connectivity index (χ2v) is 9.33. The molecule has 0 saturated carbocycles. The molecule has 2 N–H and O–H groups in total. The molecule has 5 nitrogen and oxygen atoms in total. The second kappa shape index (κ2) is 9.27. The Hall–Kier alpha value is -4.10. The summed E-state index contributed by atoms with van der Waals surface area (Å²) in [4.78, 5) is 23.6. The molecule has 0 radical (unpaired) electrons. The lowest BCUT2D eigenvalue weighted by Crippen LogP contribution is -2.17. The van der Waals surface area contributed by atoms with Gasteiger partial charge in [-0.25, -0.2) is 14.4 Å². The van der Waals surface area contributed by atoms with Crippen LogP contribution in [-0.2, 0) is 6.42 Å². The minimum Gasteiger partial charge on any atom is -0.496 e. The number of amides is 1. The molecule has 35 heavy (non-hydrogen) atoms. The number of fused-ring (bicyclic) bond motifs is 1. The minimum absolute atomic E-state index is 0.124. The van der Waals surface area contributed by atoms with Gasteiger partial charge in [0.25, 0.3) is 5.91 Å². The number of aryl methyl sites for hydroxylation is 1. The first-order valence-corrected chi connectivity index (χ1v) is 11.8. The van der Waals surface area contributed by atoms with E-state index >= 15 is 0 Å². The van der Waals surface area contributed by atoms with Crippen LogP contribution in [0.15, 0.2) is 72.8 Å². The van der Waals surface area contributed by atoms with Gasteiger partial charge in [-0.3, -0.25) is 4.79 Å². The number of rotatable bonds is 6. The highest BCUT2D eigenvalue weighted by molar-refractivity contribution is 7.15. The van der Waals surface area contributed by atoms with E-state index in [4.69, 9.17) is 15.5 Å². The number of carbonyl (C=O) groups excluding carboxylic acids is 1. The van der Waals surface area contributed by atoms with Gasteiger partial charge in [-0.05, 0) is 60.5 Å². The van der Waals surface area contributed by atoms with Gasteiger partial charge in [0.05, 0.1) is 23.8 Å². The highest BCUT2D eigenvalue weighted by atomic mass is 32.1. The van der Waals surface area contributed by atoms with Crippen LogP contribution in [0, 0.1) is 12.7 Å². The Morgan fingerprint density at radius 3 is 2.54 bits per heavy atom. The Balaban J connectivity index is 1.57. The summed E-state index contributed by atoms with van der Waals surface area (Å²) in [6.45, 7) is 2.01. The number of benzene rings is 3. The fourth-order valence-corrected chi connectivity index (χ4v) is 5.16. The number of nitrogens with two attached hydrogens (primary N) is 1. The fourth-order valence-electron chi connectivity index (χ4n) is 4.15. The zero-order valence-electron chi connectivity index (χ0n) is 19.2. The van der Waals surface area contributed by atoms with E-state index in [1.807, 2.05) is 31.2 Å². The van der Waals surface area contributed by atoms with Gasteiger partial charge < -0.3 is 10.5 Å². The summed E-state index contributed by atoms with van der Waals surface area (Å²) in [7, 11) is 1.66. The van der Waals surface area contributed by atoms with E-state index < -0.39 is 5.91 Å². The highest BCUT2D eigenvalue weighted by Crippen LogP contribution is 2.33. The lowest BCUT2D eigenvalue weighted by molar-refractivity contribution is 0.0994. The Bertz CT molecular complexity index is 1580. The largest absolute Gasteiger partial charge is 0.496 e. The van der Waals surface area contributed by atoms with E-state index in [-0.39, 0.29) is 11.5 Å². The predicted molar refractivity (Wildman–Crippen MR) is 137 cm³/mol. The number of hydrogen-bond acceptors (Lipinski definition) is 5. The van der Waals surface area contributed by atoms with Crippen LogP contribution in [-0.4, -0.2) is 23.0 Å². The van der Waals surface area contributed by atoms with Gasteiger partial charge >= 0.3 is 0 Å². The Labute approximate surface area is 206 Å². The summed E-state index contributed by atoms with van der Waals surface area (Å²) >= 11 is 1.61. The molecular formula is C28H22FN3O2S. The van der Waals surface area contributed by atoms with Gasteiger partial charge in [-0.15, -0.1) is 11.3 Å². The molecule has 0 aliphatic carbocycles. The number of hydrogen-bond donors (Lipinski definition) is 1. The van der Waals surface area contributed by atoms with Crippen LogP contribution >= 0.6 is 11.3 Å². The monoisotopic (exact) mass is 483 g/mol. The molecule has 0 fully saturated rings. The van der Waals surface area contributed by atoms with Crippen molar-refractivity contribution in [1.82, 2.24) is 9.97 Å². The van der Waals surface area contributed by atoms with E-state index in [9.17, 15) is 9.18 Å². The second-order valence-electron chi connectivity index (χ2n) is 8.16. The van der Waals surface area contributed by atoms with Crippen LogP contribution in [0.4, 0.5) is 4.39 Å². The number of carbonyl (C=O) groups is 1. The summed E-state index contributed by atoms with van der Waals surface area (Å²) in [6, 6.07) is 22.0. The van der Waals surface area contributed by atoms with E-state index in [0.717, 1.165) is 26.6 Å². The van der Waals surface area contributed by atoms with E-state index in [2.05, 4.69) is 11.1 Å². The maximum absolute atomic E-state index is 14.6. The van der Waals surface area contributed by atoms with Crippen molar-refractivity contribution in [3.8, 4) is 27.3 Å².